The number of hydrogen-bond acceptors (Lipinski definition) is 3. The van der Waals surface area contributed by atoms with Gasteiger partial charge in [0.2, 0.25) is 0 Å². The summed E-state index contributed by atoms with van der Waals surface area (Å²) in [7, 11) is 0. The standard InChI is InChI=1S/C15H18O3/c1-12(2)15(17)18-11-10-14(16)9-8-13-6-4-3-5-7-13/h3-9,14,16H,1,10-11H2,2H3. The molecule has 1 rings (SSSR count). The quantitative estimate of drug-likeness (QED) is 0.620. The first-order valence-electron chi connectivity index (χ1n) is 5.83. The van der Waals surface area contributed by atoms with Crippen molar-refractivity contribution in [3.05, 3.63) is 54.1 Å². The van der Waals surface area contributed by atoms with Crippen LogP contribution in [0.4, 0.5) is 0 Å². The first kappa shape index (κ1) is 14.2. The molecule has 96 valence electrons. The molecule has 0 aromatic heterocycles. The summed E-state index contributed by atoms with van der Waals surface area (Å²) in [4.78, 5) is 11.1. The number of benzene rings is 1. The average Bonchev–Trinajstić information content (AvgIpc) is 2.37. The van der Waals surface area contributed by atoms with E-state index in [0.717, 1.165) is 5.56 Å². The maximum atomic E-state index is 11.1. The molecular weight excluding hydrogens is 228 g/mol. The fourth-order valence-electron chi connectivity index (χ4n) is 1.28. The molecule has 0 saturated carbocycles. The zero-order valence-corrected chi connectivity index (χ0v) is 10.5. The van der Waals surface area contributed by atoms with Gasteiger partial charge in [0, 0.05) is 12.0 Å². The molecule has 0 radical (unpaired) electrons. The van der Waals surface area contributed by atoms with Crippen LogP contribution in [0.25, 0.3) is 6.08 Å². The Morgan fingerprint density at radius 2 is 2.11 bits per heavy atom. The van der Waals surface area contributed by atoms with Gasteiger partial charge in [-0.2, -0.15) is 0 Å². The Labute approximate surface area is 107 Å². The summed E-state index contributed by atoms with van der Waals surface area (Å²) in [5.41, 5.74) is 1.39. The molecule has 0 aliphatic rings. The summed E-state index contributed by atoms with van der Waals surface area (Å²) in [5.74, 6) is -0.422. The summed E-state index contributed by atoms with van der Waals surface area (Å²) in [6.07, 6.45) is 3.28. The fourth-order valence-corrected chi connectivity index (χ4v) is 1.28. The lowest BCUT2D eigenvalue weighted by atomic mass is 10.1. The van der Waals surface area contributed by atoms with Gasteiger partial charge in [-0.1, -0.05) is 49.1 Å². The predicted molar refractivity (Wildman–Crippen MR) is 71.9 cm³/mol. The van der Waals surface area contributed by atoms with E-state index in [2.05, 4.69) is 6.58 Å². The molecule has 3 nitrogen and oxygen atoms in total. The minimum atomic E-state index is -0.622. The number of carbonyl (C=O) groups excluding carboxylic acids is 1. The smallest absolute Gasteiger partial charge is 0.333 e. The molecule has 0 fully saturated rings. The van der Waals surface area contributed by atoms with Crippen LogP contribution in [-0.4, -0.2) is 23.8 Å². The Bertz CT molecular complexity index is 421. The van der Waals surface area contributed by atoms with Crippen molar-refractivity contribution >= 4 is 12.0 Å². The zero-order chi connectivity index (χ0) is 13.4. The van der Waals surface area contributed by atoms with Gasteiger partial charge in [0.1, 0.15) is 0 Å². The monoisotopic (exact) mass is 246 g/mol. The van der Waals surface area contributed by atoms with Crippen molar-refractivity contribution in [3.8, 4) is 0 Å². The first-order valence-corrected chi connectivity index (χ1v) is 5.83. The highest BCUT2D eigenvalue weighted by Crippen LogP contribution is 2.04. The molecule has 0 spiro atoms. The molecule has 0 aliphatic carbocycles. The van der Waals surface area contributed by atoms with Crippen LogP contribution in [0.1, 0.15) is 18.9 Å². The molecule has 0 heterocycles. The summed E-state index contributed by atoms with van der Waals surface area (Å²) in [6.45, 7) is 5.26. The van der Waals surface area contributed by atoms with Crippen LogP contribution in [-0.2, 0) is 9.53 Å². The molecule has 1 aromatic rings. The van der Waals surface area contributed by atoms with E-state index in [-0.39, 0.29) is 6.61 Å². The largest absolute Gasteiger partial charge is 0.462 e. The van der Waals surface area contributed by atoms with Crippen molar-refractivity contribution in [1.82, 2.24) is 0 Å². The van der Waals surface area contributed by atoms with Crippen LogP contribution in [0.2, 0.25) is 0 Å². The van der Waals surface area contributed by atoms with Gasteiger partial charge in [0.25, 0.3) is 0 Å². The van der Waals surface area contributed by atoms with Crippen molar-refractivity contribution in [3.63, 3.8) is 0 Å². The van der Waals surface area contributed by atoms with E-state index in [0.29, 0.717) is 12.0 Å². The van der Waals surface area contributed by atoms with E-state index >= 15 is 0 Å². The molecule has 0 bridgehead atoms. The average molecular weight is 246 g/mol. The van der Waals surface area contributed by atoms with Gasteiger partial charge in [-0.3, -0.25) is 0 Å². The third kappa shape index (κ3) is 5.46. The van der Waals surface area contributed by atoms with E-state index in [1.54, 1.807) is 13.0 Å². The minimum Gasteiger partial charge on any atom is -0.462 e. The van der Waals surface area contributed by atoms with Crippen LogP contribution >= 0.6 is 0 Å². The lowest BCUT2D eigenvalue weighted by molar-refractivity contribution is -0.139. The maximum Gasteiger partial charge on any atom is 0.333 e. The lowest BCUT2D eigenvalue weighted by Gasteiger charge is -2.06. The molecule has 1 atom stereocenters. The van der Waals surface area contributed by atoms with Crippen molar-refractivity contribution in [1.29, 1.82) is 0 Å². The molecule has 1 N–H and O–H groups in total. The Balaban J connectivity index is 2.30. The Morgan fingerprint density at radius 3 is 2.72 bits per heavy atom. The third-order valence-corrected chi connectivity index (χ3v) is 2.31. The second-order valence-electron chi connectivity index (χ2n) is 4.04. The van der Waals surface area contributed by atoms with E-state index in [4.69, 9.17) is 4.74 Å². The van der Waals surface area contributed by atoms with Crippen LogP contribution in [0.3, 0.4) is 0 Å². The highest BCUT2D eigenvalue weighted by Gasteiger charge is 2.04. The normalized spacial score (nSPS) is 12.3. The van der Waals surface area contributed by atoms with Crippen LogP contribution in [0.15, 0.2) is 48.6 Å². The topological polar surface area (TPSA) is 46.5 Å². The van der Waals surface area contributed by atoms with Crippen molar-refractivity contribution in [2.45, 2.75) is 19.4 Å². The summed E-state index contributed by atoms with van der Waals surface area (Å²) in [6, 6.07) is 9.70. The number of hydrogen-bond donors (Lipinski definition) is 1. The fraction of sp³-hybridized carbons (Fsp3) is 0.267. The van der Waals surface area contributed by atoms with Gasteiger partial charge in [-0.15, -0.1) is 0 Å². The molecule has 0 amide bonds. The van der Waals surface area contributed by atoms with Crippen LogP contribution in [0, 0.1) is 0 Å². The second-order valence-corrected chi connectivity index (χ2v) is 4.04. The van der Waals surface area contributed by atoms with Crippen LogP contribution < -0.4 is 0 Å². The van der Waals surface area contributed by atoms with E-state index < -0.39 is 12.1 Å². The zero-order valence-electron chi connectivity index (χ0n) is 10.5. The highest BCUT2D eigenvalue weighted by molar-refractivity contribution is 5.86. The van der Waals surface area contributed by atoms with E-state index in [9.17, 15) is 9.90 Å². The van der Waals surface area contributed by atoms with Gasteiger partial charge in [-0.25, -0.2) is 4.79 Å². The number of rotatable bonds is 6. The van der Waals surface area contributed by atoms with Gasteiger partial charge >= 0.3 is 5.97 Å². The van der Waals surface area contributed by atoms with Gasteiger partial charge < -0.3 is 9.84 Å². The van der Waals surface area contributed by atoms with Gasteiger partial charge in [0.15, 0.2) is 0 Å². The number of carbonyl (C=O) groups is 1. The number of ether oxygens (including phenoxy) is 1. The van der Waals surface area contributed by atoms with Crippen molar-refractivity contribution < 1.29 is 14.6 Å². The molecule has 1 unspecified atom stereocenters. The Hall–Kier alpha value is -1.87. The third-order valence-electron chi connectivity index (χ3n) is 2.31. The molecule has 18 heavy (non-hydrogen) atoms. The summed E-state index contributed by atoms with van der Waals surface area (Å²) >= 11 is 0. The lowest BCUT2D eigenvalue weighted by Crippen LogP contribution is -2.11. The first-order chi connectivity index (χ1) is 8.59. The second kappa shape index (κ2) is 7.45. The number of aliphatic hydroxyl groups is 1. The van der Waals surface area contributed by atoms with Crippen LogP contribution in [0.5, 0.6) is 0 Å². The van der Waals surface area contributed by atoms with Crippen molar-refractivity contribution in [2.24, 2.45) is 0 Å². The Kier molecular flexibility index (Phi) is 5.88. The maximum absolute atomic E-state index is 11.1. The van der Waals surface area contributed by atoms with Gasteiger partial charge in [0.05, 0.1) is 12.7 Å². The van der Waals surface area contributed by atoms with E-state index in [1.807, 2.05) is 36.4 Å². The SMILES string of the molecule is C=C(C)C(=O)OCCC(O)C=Cc1ccccc1. The molecule has 3 heteroatoms. The Morgan fingerprint density at radius 1 is 1.44 bits per heavy atom. The molecule has 0 saturated heterocycles. The van der Waals surface area contributed by atoms with Gasteiger partial charge in [-0.05, 0) is 12.5 Å². The molecule has 0 aliphatic heterocycles. The number of esters is 1. The van der Waals surface area contributed by atoms with Crippen molar-refractivity contribution in [2.75, 3.05) is 6.61 Å². The molecule has 1 aromatic carbocycles. The summed E-state index contributed by atoms with van der Waals surface area (Å²) < 4.78 is 4.89. The highest BCUT2D eigenvalue weighted by atomic mass is 16.5. The minimum absolute atomic E-state index is 0.186. The molecular formula is C15H18O3. The van der Waals surface area contributed by atoms with E-state index in [1.165, 1.54) is 0 Å². The predicted octanol–water partition coefficient (Wildman–Crippen LogP) is 2.57. The number of aliphatic hydroxyl groups excluding tert-OH is 1. The summed E-state index contributed by atoms with van der Waals surface area (Å²) in [5, 5.41) is 9.66.